The van der Waals surface area contributed by atoms with Crippen molar-refractivity contribution in [3.05, 3.63) is 6.07 Å². The molecule has 0 aromatic carbocycles. The fraction of sp³-hybridized carbons (Fsp3) is 0.692. The molecule has 106 valence electrons. The minimum Gasteiger partial charge on any atom is -0.370 e. The van der Waals surface area contributed by atoms with Crippen molar-refractivity contribution >= 4 is 29.3 Å². The molecule has 4 N–H and O–H groups in total. The fourth-order valence-electron chi connectivity index (χ4n) is 2.18. The standard InChI is InChI=1S/C13H23N5S/c1-3-7-15-10-8-11(18-12(14)17-10)16-9-13(19-2)5-4-6-13/h8H,3-7,9H2,1-2H3,(H4,14,15,16,17,18). The Kier molecular flexibility index (Phi) is 4.74. The summed E-state index contributed by atoms with van der Waals surface area (Å²) in [5.74, 6) is 1.92. The van der Waals surface area contributed by atoms with Crippen LogP contribution in [0.25, 0.3) is 0 Å². The summed E-state index contributed by atoms with van der Waals surface area (Å²) in [6.07, 6.45) is 7.13. The third-order valence-corrected chi connectivity index (χ3v) is 5.01. The van der Waals surface area contributed by atoms with Gasteiger partial charge in [-0.3, -0.25) is 0 Å². The molecule has 0 unspecified atom stereocenters. The van der Waals surface area contributed by atoms with Gasteiger partial charge in [0.25, 0.3) is 0 Å². The first-order chi connectivity index (χ1) is 9.17. The van der Waals surface area contributed by atoms with Gasteiger partial charge in [-0.25, -0.2) is 0 Å². The maximum atomic E-state index is 5.74. The number of nitrogens with one attached hydrogen (secondary N) is 2. The highest BCUT2D eigenvalue weighted by molar-refractivity contribution is 8.00. The smallest absolute Gasteiger partial charge is 0.223 e. The summed E-state index contributed by atoms with van der Waals surface area (Å²) >= 11 is 1.95. The van der Waals surface area contributed by atoms with E-state index in [0.717, 1.165) is 31.1 Å². The Bertz CT molecular complexity index is 414. The van der Waals surface area contributed by atoms with E-state index in [-0.39, 0.29) is 0 Å². The van der Waals surface area contributed by atoms with Gasteiger partial charge < -0.3 is 16.4 Å². The van der Waals surface area contributed by atoms with Crippen LogP contribution in [0.15, 0.2) is 6.07 Å². The van der Waals surface area contributed by atoms with E-state index >= 15 is 0 Å². The van der Waals surface area contributed by atoms with E-state index in [1.807, 2.05) is 17.8 Å². The molecular weight excluding hydrogens is 258 g/mol. The molecule has 0 spiro atoms. The van der Waals surface area contributed by atoms with Crippen LogP contribution >= 0.6 is 11.8 Å². The van der Waals surface area contributed by atoms with Crippen molar-refractivity contribution in [3.63, 3.8) is 0 Å². The molecule has 1 aliphatic rings. The van der Waals surface area contributed by atoms with Crippen molar-refractivity contribution in [1.29, 1.82) is 0 Å². The molecule has 0 amide bonds. The van der Waals surface area contributed by atoms with Gasteiger partial charge in [0.15, 0.2) is 0 Å². The number of thioether (sulfide) groups is 1. The average Bonchev–Trinajstić information content (AvgIpc) is 2.35. The maximum Gasteiger partial charge on any atom is 0.223 e. The van der Waals surface area contributed by atoms with Gasteiger partial charge in [0.1, 0.15) is 11.6 Å². The summed E-state index contributed by atoms with van der Waals surface area (Å²) in [6.45, 7) is 3.96. The normalized spacial score (nSPS) is 16.7. The van der Waals surface area contributed by atoms with E-state index in [4.69, 9.17) is 5.73 Å². The van der Waals surface area contributed by atoms with Crippen LogP contribution in [0, 0.1) is 0 Å². The van der Waals surface area contributed by atoms with Gasteiger partial charge in [0, 0.05) is 23.9 Å². The molecule has 1 aliphatic carbocycles. The number of hydrogen-bond acceptors (Lipinski definition) is 6. The summed E-state index contributed by atoms with van der Waals surface area (Å²) in [4.78, 5) is 8.42. The predicted octanol–water partition coefficient (Wildman–Crippen LogP) is 2.58. The Labute approximate surface area is 119 Å². The first-order valence-electron chi connectivity index (χ1n) is 6.85. The Hall–Kier alpha value is -1.17. The third-order valence-electron chi connectivity index (χ3n) is 3.59. The molecule has 0 atom stereocenters. The van der Waals surface area contributed by atoms with Crippen LogP contribution in [-0.4, -0.2) is 34.1 Å². The Morgan fingerprint density at radius 1 is 1.32 bits per heavy atom. The van der Waals surface area contributed by atoms with E-state index in [2.05, 4.69) is 33.8 Å². The van der Waals surface area contributed by atoms with Crippen LogP contribution in [0.3, 0.4) is 0 Å². The summed E-state index contributed by atoms with van der Waals surface area (Å²) in [7, 11) is 0. The first kappa shape index (κ1) is 14.2. The van der Waals surface area contributed by atoms with Crippen molar-refractivity contribution in [3.8, 4) is 0 Å². The third kappa shape index (κ3) is 3.65. The summed E-state index contributed by atoms with van der Waals surface area (Å²) in [5, 5.41) is 6.64. The van der Waals surface area contributed by atoms with E-state index in [1.54, 1.807) is 0 Å². The zero-order chi connectivity index (χ0) is 13.7. The van der Waals surface area contributed by atoms with E-state index < -0.39 is 0 Å². The molecule has 0 radical (unpaired) electrons. The fourth-order valence-corrected chi connectivity index (χ4v) is 3.09. The highest BCUT2D eigenvalue weighted by Gasteiger charge is 2.35. The molecule has 5 nitrogen and oxygen atoms in total. The first-order valence-corrected chi connectivity index (χ1v) is 8.07. The van der Waals surface area contributed by atoms with Gasteiger partial charge >= 0.3 is 0 Å². The van der Waals surface area contributed by atoms with Crippen molar-refractivity contribution in [2.45, 2.75) is 37.4 Å². The van der Waals surface area contributed by atoms with Crippen LogP contribution in [0.2, 0.25) is 0 Å². The summed E-state index contributed by atoms with van der Waals surface area (Å²) < 4.78 is 0.386. The number of hydrogen-bond donors (Lipinski definition) is 3. The van der Waals surface area contributed by atoms with Gasteiger partial charge in [0.2, 0.25) is 5.95 Å². The SMILES string of the molecule is CCCNc1cc(NCC2(SC)CCC2)nc(N)n1. The van der Waals surface area contributed by atoms with Crippen molar-refractivity contribution in [1.82, 2.24) is 9.97 Å². The molecule has 2 rings (SSSR count). The number of nitrogen functional groups attached to an aromatic ring is 1. The van der Waals surface area contributed by atoms with Gasteiger partial charge in [-0.2, -0.15) is 21.7 Å². The minimum atomic E-state index is 0.315. The quantitative estimate of drug-likeness (QED) is 0.713. The molecule has 0 bridgehead atoms. The zero-order valence-electron chi connectivity index (χ0n) is 11.7. The van der Waals surface area contributed by atoms with E-state index in [1.165, 1.54) is 19.3 Å². The van der Waals surface area contributed by atoms with Gasteiger partial charge in [-0.15, -0.1) is 0 Å². The monoisotopic (exact) mass is 281 g/mol. The second-order valence-corrected chi connectivity index (χ2v) is 6.29. The second kappa shape index (κ2) is 6.32. The molecule has 1 saturated carbocycles. The minimum absolute atomic E-state index is 0.315. The van der Waals surface area contributed by atoms with Crippen LogP contribution in [0.4, 0.5) is 17.6 Å². The highest BCUT2D eigenvalue weighted by Crippen LogP contribution is 2.42. The Balaban J connectivity index is 1.97. The van der Waals surface area contributed by atoms with Crippen molar-refractivity contribution in [2.75, 3.05) is 35.7 Å². The lowest BCUT2D eigenvalue weighted by molar-refractivity contribution is 0.379. The van der Waals surface area contributed by atoms with Crippen LogP contribution in [0.1, 0.15) is 32.6 Å². The average molecular weight is 281 g/mol. The lowest BCUT2D eigenvalue weighted by Gasteiger charge is -2.40. The van der Waals surface area contributed by atoms with Gasteiger partial charge in [0.05, 0.1) is 0 Å². The molecule has 1 fully saturated rings. The number of nitrogens with two attached hydrogens (primary N) is 1. The molecular formula is C13H23N5S. The molecule has 0 saturated heterocycles. The predicted molar refractivity (Wildman–Crippen MR) is 83.8 cm³/mol. The largest absolute Gasteiger partial charge is 0.370 e. The molecule has 6 heteroatoms. The molecule has 19 heavy (non-hydrogen) atoms. The number of nitrogens with zero attached hydrogens (tertiary/aromatic N) is 2. The molecule has 1 aromatic rings. The summed E-state index contributed by atoms with van der Waals surface area (Å²) in [6, 6.07) is 1.93. The Morgan fingerprint density at radius 2 is 2.00 bits per heavy atom. The highest BCUT2D eigenvalue weighted by atomic mass is 32.2. The van der Waals surface area contributed by atoms with Crippen molar-refractivity contribution < 1.29 is 0 Å². The lowest BCUT2D eigenvalue weighted by atomic mass is 9.84. The second-order valence-electron chi connectivity index (χ2n) is 5.02. The lowest BCUT2D eigenvalue weighted by Crippen LogP contribution is -2.40. The maximum absolute atomic E-state index is 5.74. The zero-order valence-corrected chi connectivity index (χ0v) is 12.5. The number of rotatable bonds is 7. The Morgan fingerprint density at radius 3 is 2.53 bits per heavy atom. The summed E-state index contributed by atoms with van der Waals surface area (Å²) in [5.41, 5.74) is 5.74. The van der Waals surface area contributed by atoms with E-state index in [9.17, 15) is 0 Å². The number of anilines is 3. The van der Waals surface area contributed by atoms with Gasteiger partial charge in [-0.1, -0.05) is 13.3 Å². The van der Waals surface area contributed by atoms with Crippen molar-refractivity contribution in [2.24, 2.45) is 0 Å². The van der Waals surface area contributed by atoms with Crippen LogP contribution in [-0.2, 0) is 0 Å². The molecule has 1 heterocycles. The van der Waals surface area contributed by atoms with Crippen LogP contribution in [0.5, 0.6) is 0 Å². The van der Waals surface area contributed by atoms with Gasteiger partial charge in [-0.05, 0) is 25.5 Å². The number of aromatic nitrogens is 2. The van der Waals surface area contributed by atoms with E-state index in [0.29, 0.717) is 10.7 Å². The molecule has 0 aliphatic heterocycles. The molecule has 1 aromatic heterocycles. The van der Waals surface area contributed by atoms with Crippen LogP contribution < -0.4 is 16.4 Å². The topological polar surface area (TPSA) is 75.9 Å².